The van der Waals surface area contributed by atoms with Crippen LogP contribution in [0.25, 0.3) is 0 Å². The van der Waals surface area contributed by atoms with Gasteiger partial charge < -0.3 is 9.47 Å². The van der Waals surface area contributed by atoms with Gasteiger partial charge in [0.2, 0.25) is 0 Å². The Labute approximate surface area is 68.6 Å². The summed E-state index contributed by atoms with van der Waals surface area (Å²) in [5.74, 6) is -1.41. The topological polar surface area (TPSA) is 35.5 Å². The fourth-order valence-electron chi connectivity index (χ4n) is 1.26. The molecule has 1 saturated heterocycles. The van der Waals surface area contributed by atoms with Crippen LogP contribution in [0.2, 0.25) is 0 Å². The zero-order chi connectivity index (χ0) is 9.14. The average molecular weight is 180 g/mol. The number of methoxy groups -OCH3 is 1. The third kappa shape index (κ3) is 1.72. The standard InChI is InChI=1S/C7H10F2O3/c1-11-7(10)4-2-3-12-5(4)6(8)9/h4-6H,2-3H2,1H3/t4-,5-/m1/s1. The maximum atomic E-state index is 12.2. The van der Waals surface area contributed by atoms with Crippen molar-refractivity contribution in [2.24, 2.45) is 5.92 Å². The van der Waals surface area contributed by atoms with E-state index in [1.54, 1.807) is 0 Å². The first-order valence-corrected chi connectivity index (χ1v) is 3.64. The highest BCUT2D eigenvalue weighted by molar-refractivity contribution is 5.73. The number of esters is 1. The highest BCUT2D eigenvalue weighted by atomic mass is 19.3. The second-order valence-electron chi connectivity index (χ2n) is 2.59. The average Bonchev–Trinajstić information content (AvgIpc) is 2.50. The van der Waals surface area contributed by atoms with E-state index in [0.29, 0.717) is 6.42 Å². The predicted octanol–water partition coefficient (Wildman–Crippen LogP) is 0.830. The van der Waals surface area contributed by atoms with E-state index in [-0.39, 0.29) is 6.61 Å². The summed E-state index contributed by atoms with van der Waals surface area (Å²) in [7, 11) is 1.18. The molecule has 0 aromatic rings. The van der Waals surface area contributed by atoms with Crippen LogP contribution < -0.4 is 0 Å². The minimum Gasteiger partial charge on any atom is -0.469 e. The summed E-state index contributed by atoms with van der Waals surface area (Å²) in [6, 6.07) is 0. The molecule has 0 aromatic heterocycles. The molecule has 5 heteroatoms. The van der Waals surface area contributed by atoms with Crippen LogP contribution in [0.5, 0.6) is 0 Å². The van der Waals surface area contributed by atoms with Crippen molar-refractivity contribution in [1.82, 2.24) is 0 Å². The summed E-state index contributed by atoms with van der Waals surface area (Å²) in [6.45, 7) is 0.203. The van der Waals surface area contributed by atoms with Crippen molar-refractivity contribution in [1.29, 1.82) is 0 Å². The van der Waals surface area contributed by atoms with E-state index < -0.39 is 24.4 Å². The van der Waals surface area contributed by atoms with Crippen LogP contribution in [0.1, 0.15) is 6.42 Å². The minimum absolute atomic E-state index is 0.203. The van der Waals surface area contributed by atoms with Gasteiger partial charge in [-0.15, -0.1) is 0 Å². The summed E-state index contributed by atoms with van der Waals surface area (Å²) >= 11 is 0. The number of rotatable bonds is 2. The van der Waals surface area contributed by atoms with E-state index in [4.69, 9.17) is 4.74 Å². The van der Waals surface area contributed by atoms with E-state index in [0.717, 1.165) is 0 Å². The Morgan fingerprint density at radius 3 is 2.83 bits per heavy atom. The van der Waals surface area contributed by atoms with E-state index in [9.17, 15) is 13.6 Å². The van der Waals surface area contributed by atoms with Gasteiger partial charge in [0.05, 0.1) is 13.0 Å². The van der Waals surface area contributed by atoms with Crippen molar-refractivity contribution in [3.63, 3.8) is 0 Å². The molecular weight excluding hydrogens is 170 g/mol. The van der Waals surface area contributed by atoms with Crippen molar-refractivity contribution in [2.75, 3.05) is 13.7 Å². The van der Waals surface area contributed by atoms with Gasteiger partial charge in [0.15, 0.2) is 0 Å². The quantitative estimate of drug-likeness (QED) is 0.590. The van der Waals surface area contributed by atoms with Gasteiger partial charge in [0.1, 0.15) is 6.10 Å². The van der Waals surface area contributed by atoms with Crippen LogP contribution in [0.15, 0.2) is 0 Å². The van der Waals surface area contributed by atoms with E-state index >= 15 is 0 Å². The second-order valence-corrected chi connectivity index (χ2v) is 2.59. The third-order valence-corrected chi connectivity index (χ3v) is 1.89. The monoisotopic (exact) mass is 180 g/mol. The Morgan fingerprint density at radius 2 is 2.33 bits per heavy atom. The second kappa shape index (κ2) is 3.80. The Bertz CT molecular complexity index is 172. The van der Waals surface area contributed by atoms with Gasteiger partial charge in [0.25, 0.3) is 6.43 Å². The molecule has 0 spiro atoms. The molecule has 3 nitrogen and oxygen atoms in total. The number of hydrogen-bond donors (Lipinski definition) is 0. The Balaban J connectivity index is 2.57. The molecule has 0 aliphatic carbocycles. The predicted molar refractivity (Wildman–Crippen MR) is 35.9 cm³/mol. The van der Waals surface area contributed by atoms with Gasteiger partial charge in [-0.1, -0.05) is 0 Å². The van der Waals surface area contributed by atoms with Gasteiger partial charge in [-0.25, -0.2) is 8.78 Å². The third-order valence-electron chi connectivity index (χ3n) is 1.89. The molecule has 2 atom stereocenters. The van der Waals surface area contributed by atoms with E-state index in [2.05, 4.69) is 4.74 Å². The van der Waals surface area contributed by atoms with Gasteiger partial charge in [-0.3, -0.25) is 4.79 Å². The van der Waals surface area contributed by atoms with Crippen molar-refractivity contribution in [3.05, 3.63) is 0 Å². The van der Waals surface area contributed by atoms with Crippen LogP contribution >= 0.6 is 0 Å². The number of carbonyl (C=O) groups is 1. The van der Waals surface area contributed by atoms with Crippen molar-refractivity contribution < 1.29 is 23.0 Å². The molecule has 70 valence electrons. The molecule has 1 aliphatic heterocycles. The molecule has 1 aliphatic rings. The number of alkyl halides is 2. The molecule has 0 N–H and O–H groups in total. The van der Waals surface area contributed by atoms with Gasteiger partial charge in [-0.2, -0.15) is 0 Å². The molecule has 0 radical (unpaired) electrons. The van der Waals surface area contributed by atoms with Gasteiger partial charge >= 0.3 is 5.97 Å². The van der Waals surface area contributed by atoms with Gasteiger partial charge in [0, 0.05) is 6.61 Å². The number of carbonyl (C=O) groups excluding carboxylic acids is 1. The highest BCUT2D eigenvalue weighted by Crippen LogP contribution is 2.26. The normalized spacial score (nSPS) is 29.3. The van der Waals surface area contributed by atoms with E-state index in [1.807, 2.05) is 0 Å². The lowest BCUT2D eigenvalue weighted by Crippen LogP contribution is -2.31. The van der Waals surface area contributed by atoms with Crippen LogP contribution in [0.4, 0.5) is 8.78 Å². The lowest BCUT2D eigenvalue weighted by molar-refractivity contribution is -0.150. The lowest BCUT2D eigenvalue weighted by Gasteiger charge is -2.14. The van der Waals surface area contributed by atoms with Gasteiger partial charge in [-0.05, 0) is 6.42 Å². The van der Waals surface area contributed by atoms with Crippen molar-refractivity contribution in [3.8, 4) is 0 Å². The number of ether oxygens (including phenoxy) is 2. The summed E-state index contributed by atoms with van der Waals surface area (Å²) in [5.41, 5.74) is 0. The van der Waals surface area contributed by atoms with Crippen LogP contribution in [0.3, 0.4) is 0 Å². The molecule has 0 aromatic carbocycles. The molecule has 0 saturated carbocycles. The van der Waals surface area contributed by atoms with Crippen LogP contribution in [-0.2, 0) is 14.3 Å². The van der Waals surface area contributed by atoms with Crippen LogP contribution in [-0.4, -0.2) is 32.2 Å². The minimum atomic E-state index is -2.61. The van der Waals surface area contributed by atoms with Crippen molar-refractivity contribution >= 4 is 5.97 Å². The summed E-state index contributed by atoms with van der Waals surface area (Å²) in [4.78, 5) is 10.9. The SMILES string of the molecule is COC(=O)[C@@H]1CCO[C@H]1C(F)F. The molecule has 12 heavy (non-hydrogen) atoms. The molecule has 1 fully saturated rings. The largest absolute Gasteiger partial charge is 0.469 e. The maximum absolute atomic E-state index is 12.2. The highest BCUT2D eigenvalue weighted by Gasteiger charge is 2.40. The van der Waals surface area contributed by atoms with Crippen molar-refractivity contribution in [2.45, 2.75) is 19.0 Å². The Kier molecular flexibility index (Phi) is 2.97. The fourth-order valence-corrected chi connectivity index (χ4v) is 1.26. The lowest BCUT2D eigenvalue weighted by atomic mass is 10.0. The molecule has 0 unspecified atom stereocenters. The number of hydrogen-bond acceptors (Lipinski definition) is 3. The zero-order valence-electron chi connectivity index (χ0n) is 6.63. The Hall–Kier alpha value is -0.710. The molecule has 0 amide bonds. The first-order valence-electron chi connectivity index (χ1n) is 3.64. The summed E-state index contributed by atoms with van der Waals surface area (Å²) < 4.78 is 33.4. The maximum Gasteiger partial charge on any atom is 0.311 e. The summed E-state index contributed by atoms with van der Waals surface area (Å²) in [5, 5.41) is 0. The first-order chi connectivity index (χ1) is 5.66. The summed E-state index contributed by atoms with van der Waals surface area (Å²) in [6.07, 6.45) is -3.57. The van der Waals surface area contributed by atoms with E-state index in [1.165, 1.54) is 7.11 Å². The molecule has 1 heterocycles. The molecule has 1 rings (SSSR count). The zero-order valence-corrected chi connectivity index (χ0v) is 6.63. The first kappa shape index (κ1) is 9.38. The smallest absolute Gasteiger partial charge is 0.311 e. The number of halogens is 2. The molecular formula is C7H10F2O3. The Morgan fingerprint density at radius 1 is 1.67 bits per heavy atom. The van der Waals surface area contributed by atoms with Crippen LogP contribution in [0, 0.1) is 5.92 Å². The molecule has 0 bridgehead atoms. The fraction of sp³-hybridized carbons (Fsp3) is 0.857.